The van der Waals surface area contributed by atoms with Gasteiger partial charge in [0.25, 0.3) is 0 Å². The molecule has 4 nitrogen and oxygen atoms in total. The number of rotatable bonds is 4. The number of pyridine rings is 1. The van der Waals surface area contributed by atoms with Gasteiger partial charge in [0.2, 0.25) is 0 Å². The smallest absolute Gasteiger partial charge is 0.128 e. The SMILES string of the molecule is CC(CCN)N1CCN(c2ccccn2)CC1. The summed E-state index contributed by atoms with van der Waals surface area (Å²) in [5, 5.41) is 0. The minimum absolute atomic E-state index is 0.603. The Kier molecular flexibility index (Phi) is 4.34. The van der Waals surface area contributed by atoms with Crippen molar-refractivity contribution in [3.8, 4) is 0 Å². The van der Waals surface area contributed by atoms with Gasteiger partial charge >= 0.3 is 0 Å². The van der Waals surface area contributed by atoms with Gasteiger partial charge < -0.3 is 10.6 Å². The Morgan fingerprint density at radius 2 is 2.06 bits per heavy atom. The van der Waals surface area contributed by atoms with Crippen LogP contribution >= 0.6 is 0 Å². The molecule has 17 heavy (non-hydrogen) atoms. The van der Waals surface area contributed by atoms with Crippen molar-refractivity contribution in [2.24, 2.45) is 5.73 Å². The fourth-order valence-electron chi connectivity index (χ4n) is 2.36. The molecular formula is C13H22N4. The van der Waals surface area contributed by atoms with Gasteiger partial charge in [-0.15, -0.1) is 0 Å². The van der Waals surface area contributed by atoms with Crippen LogP contribution < -0.4 is 10.6 Å². The molecule has 1 saturated heterocycles. The average molecular weight is 234 g/mol. The monoisotopic (exact) mass is 234 g/mol. The van der Waals surface area contributed by atoms with Gasteiger partial charge in [-0.25, -0.2) is 4.98 Å². The molecule has 2 N–H and O–H groups in total. The molecule has 0 saturated carbocycles. The number of hydrogen-bond donors (Lipinski definition) is 1. The molecule has 1 atom stereocenters. The van der Waals surface area contributed by atoms with Crippen molar-refractivity contribution in [3.63, 3.8) is 0 Å². The van der Waals surface area contributed by atoms with Crippen LogP contribution in [0.5, 0.6) is 0 Å². The quantitative estimate of drug-likeness (QED) is 0.842. The Morgan fingerprint density at radius 1 is 1.29 bits per heavy atom. The van der Waals surface area contributed by atoms with E-state index in [9.17, 15) is 0 Å². The second-order valence-electron chi connectivity index (χ2n) is 4.64. The topological polar surface area (TPSA) is 45.4 Å². The van der Waals surface area contributed by atoms with Gasteiger partial charge in [-0.2, -0.15) is 0 Å². The summed E-state index contributed by atoms with van der Waals surface area (Å²) < 4.78 is 0. The summed E-state index contributed by atoms with van der Waals surface area (Å²) in [6.07, 6.45) is 2.95. The molecule has 1 unspecified atom stereocenters. The molecule has 4 heteroatoms. The van der Waals surface area contributed by atoms with Crippen molar-refractivity contribution in [3.05, 3.63) is 24.4 Å². The van der Waals surface area contributed by atoms with E-state index in [1.807, 2.05) is 18.3 Å². The Bertz CT molecular complexity index is 319. The molecule has 0 aliphatic carbocycles. The predicted octanol–water partition coefficient (Wildman–Crippen LogP) is 0.941. The lowest BCUT2D eigenvalue weighted by molar-refractivity contribution is 0.190. The standard InChI is InChI=1S/C13H22N4/c1-12(5-6-14)16-8-10-17(11-9-16)13-4-2-3-7-15-13/h2-4,7,12H,5-6,8-11,14H2,1H3. The number of nitrogens with two attached hydrogens (primary N) is 1. The molecule has 1 aliphatic heterocycles. The zero-order chi connectivity index (χ0) is 12.1. The highest BCUT2D eigenvalue weighted by atomic mass is 15.3. The number of piperazine rings is 1. The minimum atomic E-state index is 0.603. The molecule has 94 valence electrons. The first-order valence-corrected chi connectivity index (χ1v) is 6.41. The lowest BCUT2D eigenvalue weighted by Gasteiger charge is -2.38. The number of anilines is 1. The van der Waals surface area contributed by atoms with Crippen LogP contribution in [-0.2, 0) is 0 Å². The first-order valence-electron chi connectivity index (χ1n) is 6.41. The minimum Gasteiger partial charge on any atom is -0.354 e. The molecule has 0 aromatic carbocycles. The van der Waals surface area contributed by atoms with Crippen LogP contribution in [0.15, 0.2) is 24.4 Å². The lowest BCUT2D eigenvalue weighted by atomic mass is 10.1. The van der Waals surface area contributed by atoms with Crippen molar-refractivity contribution in [1.82, 2.24) is 9.88 Å². The van der Waals surface area contributed by atoms with Crippen LogP contribution in [0.4, 0.5) is 5.82 Å². The van der Waals surface area contributed by atoms with Crippen LogP contribution in [0.25, 0.3) is 0 Å². The van der Waals surface area contributed by atoms with E-state index >= 15 is 0 Å². The Labute approximate surface area is 103 Å². The van der Waals surface area contributed by atoms with Crippen molar-refractivity contribution in [1.29, 1.82) is 0 Å². The third-order valence-electron chi connectivity index (χ3n) is 3.50. The van der Waals surface area contributed by atoms with Crippen molar-refractivity contribution in [2.75, 3.05) is 37.6 Å². The van der Waals surface area contributed by atoms with E-state index in [0.717, 1.165) is 45.0 Å². The third-order valence-corrected chi connectivity index (χ3v) is 3.50. The average Bonchev–Trinajstić information content (AvgIpc) is 2.40. The van der Waals surface area contributed by atoms with Gasteiger partial charge in [0.05, 0.1) is 0 Å². The largest absolute Gasteiger partial charge is 0.354 e. The second-order valence-corrected chi connectivity index (χ2v) is 4.64. The highest BCUT2D eigenvalue weighted by molar-refractivity contribution is 5.38. The van der Waals surface area contributed by atoms with Gasteiger partial charge in [-0.3, -0.25) is 4.90 Å². The highest BCUT2D eigenvalue weighted by Crippen LogP contribution is 2.14. The summed E-state index contributed by atoms with van der Waals surface area (Å²) in [7, 11) is 0. The normalized spacial score (nSPS) is 19.3. The molecule has 0 amide bonds. The fraction of sp³-hybridized carbons (Fsp3) is 0.615. The van der Waals surface area contributed by atoms with E-state index in [4.69, 9.17) is 5.73 Å². The molecule has 1 aromatic heterocycles. The summed E-state index contributed by atoms with van der Waals surface area (Å²) in [6.45, 7) is 7.39. The number of nitrogens with zero attached hydrogens (tertiary/aromatic N) is 3. The molecule has 1 aliphatic rings. The summed E-state index contributed by atoms with van der Waals surface area (Å²) in [4.78, 5) is 9.27. The predicted molar refractivity (Wildman–Crippen MR) is 71.2 cm³/mol. The van der Waals surface area contributed by atoms with Gasteiger partial charge in [-0.05, 0) is 32.0 Å². The van der Waals surface area contributed by atoms with Gasteiger partial charge in [0.1, 0.15) is 5.82 Å². The molecule has 0 spiro atoms. The Morgan fingerprint density at radius 3 is 2.65 bits per heavy atom. The summed E-state index contributed by atoms with van der Waals surface area (Å²) in [5.74, 6) is 1.10. The van der Waals surface area contributed by atoms with Gasteiger partial charge in [0, 0.05) is 38.4 Å². The molecule has 2 rings (SSSR count). The van der Waals surface area contributed by atoms with E-state index in [0.29, 0.717) is 6.04 Å². The lowest BCUT2D eigenvalue weighted by Crippen LogP contribution is -2.50. The summed E-state index contributed by atoms with van der Waals surface area (Å²) in [6, 6.07) is 6.69. The summed E-state index contributed by atoms with van der Waals surface area (Å²) in [5.41, 5.74) is 5.61. The van der Waals surface area contributed by atoms with E-state index in [2.05, 4.69) is 27.8 Å². The number of hydrogen-bond acceptors (Lipinski definition) is 4. The van der Waals surface area contributed by atoms with Crippen LogP contribution in [0.1, 0.15) is 13.3 Å². The van der Waals surface area contributed by atoms with E-state index in [1.54, 1.807) is 0 Å². The summed E-state index contributed by atoms with van der Waals surface area (Å²) >= 11 is 0. The van der Waals surface area contributed by atoms with Gasteiger partial charge in [0.15, 0.2) is 0 Å². The highest BCUT2D eigenvalue weighted by Gasteiger charge is 2.20. The Balaban J connectivity index is 1.86. The van der Waals surface area contributed by atoms with Crippen LogP contribution in [0.2, 0.25) is 0 Å². The van der Waals surface area contributed by atoms with E-state index in [-0.39, 0.29) is 0 Å². The van der Waals surface area contributed by atoms with Crippen LogP contribution in [0.3, 0.4) is 0 Å². The van der Waals surface area contributed by atoms with E-state index < -0.39 is 0 Å². The van der Waals surface area contributed by atoms with Crippen molar-refractivity contribution in [2.45, 2.75) is 19.4 Å². The maximum absolute atomic E-state index is 5.61. The third kappa shape index (κ3) is 3.17. The molecule has 0 radical (unpaired) electrons. The molecule has 1 fully saturated rings. The molecular weight excluding hydrogens is 212 g/mol. The van der Waals surface area contributed by atoms with Gasteiger partial charge in [-0.1, -0.05) is 6.07 Å². The number of aromatic nitrogens is 1. The first kappa shape index (κ1) is 12.3. The Hall–Kier alpha value is -1.13. The second kappa shape index (κ2) is 5.98. The maximum atomic E-state index is 5.61. The van der Waals surface area contributed by atoms with Crippen LogP contribution in [0, 0.1) is 0 Å². The van der Waals surface area contributed by atoms with Crippen molar-refractivity contribution >= 4 is 5.82 Å². The molecule has 1 aromatic rings. The fourth-order valence-corrected chi connectivity index (χ4v) is 2.36. The van der Waals surface area contributed by atoms with Crippen molar-refractivity contribution < 1.29 is 0 Å². The molecule has 0 bridgehead atoms. The zero-order valence-electron chi connectivity index (χ0n) is 10.5. The molecule has 2 heterocycles. The van der Waals surface area contributed by atoms with E-state index in [1.165, 1.54) is 0 Å². The zero-order valence-corrected chi connectivity index (χ0v) is 10.5. The van der Waals surface area contributed by atoms with Crippen LogP contribution in [-0.4, -0.2) is 48.6 Å². The maximum Gasteiger partial charge on any atom is 0.128 e. The first-order chi connectivity index (χ1) is 8.31.